The molecule has 5 N–H and O–H groups in total. The Labute approximate surface area is 94.1 Å². The lowest BCUT2D eigenvalue weighted by Gasteiger charge is -2.17. The highest BCUT2D eigenvalue weighted by molar-refractivity contribution is 8.24. The summed E-state index contributed by atoms with van der Waals surface area (Å²) >= 11 is 3.36. The van der Waals surface area contributed by atoms with E-state index in [0.717, 1.165) is 10.6 Å². The van der Waals surface area contributed by atoms with Crippen molar-refractivity contribution in [2.75, 3.05) is 5.32 Å². The first-order chi connectivity index (χ1) is 6.12. The smallest absolute Gasteiger partial charge is 0.235 e. The molecule has 78 valence electrons. The van der Waals surface area contributed by atoms with Gasteiger partial charge in [0.2, 0.25) is 14.6 Å². The Morgan fingerprint density at radius 2 is 2.14 bits per heavy atom. The summed E-state index contributed by atoms with van der Waals surface area (Å²) in [5.74, 6) is 0. The minimum Gasteiger partial charge on any atom is -0.349 e. The van der Waals surface area contributed by atoms with Crippen LogP contribution in [0.15, 0.2) is 29.2 Å². The lowest BCUT2D eigenvalue weighted by molar-refractivity contribution is 0.561. The predicted octanol–water partition coefficient (Wildman–Crippen LogP) is 2.13. The standard InChI is InChI=1S/C7H7NO2S3.H3N/c9-13(10)7(11)8-5-3-1-2-4-6(5)12-7;/h1-4,8,11H,(H,9,10);1H3. The maximum atomic E-state index is 10.9. The maximum absolute atomic E-state index is 10.9. The van der Waals surface area contributed by atoms with Gasteiger partial charge in [0.15, 0.2) is 0 Å². The van der Waals surface area contributed by atoms with Gasteiger partial charge < -0.3 is 16.0 Å². The van der Waals surface area contributed by atoms with Crippen LogP contribution in [-0.4, -0.2) is 12.3 Å². The summed E-state index contributed by atoms with van der Waals surface area (Å²) in [7, 11) is 0. The van der Waals surface area contributed by atoms with Crippen molar-refractivity contribution in [3.8, 4) is 0 Å². The van der Waals surface area contributed by atoms with Crippen molar-refractivity contribution in [1.29, 1.82) is 0 Å². The van der Waals surface area contributed by atoms with Gasteiger partial charge in [-0.05, 0) is 12.1 Å². The third-order valence-electron chi connectivity index (χ3n) is 1.66. The van der Waals surface area contributed by atoms with E-state index in [0.29, 0.717) is 0 Å². The zero-order chi connectivity index (χ0) is 9.47. The largest absolute Gasteiger partial charge is 0.349 e. The number of benzene rings is 1. The zero-order valence-corrected chi connectivity index (χ0v) is 9.66. The Bertz CT molecular complexity index is 347. The molecule has 0 radical (unpaired) electrons. The van der Waals surface area contributed by atoms with E-state index < -0.39 is 14.6 Å². The molecule has 0 bridgehead atoms. The van der Waals surface area contributed by atoms with Crippen molar-refractivity contribution in [2.45, 2.75) is 8.43 Å². The second kappa shape index (κ2) is 4.11. The van der Waals surface area contributed by atoms with Crippen LogP contribution in [0.3, 0.4) is 0 Å². The lowest BCUT2D eigenvalue weighted by Crippen LogP contribution is -2.28. The topological polar surface area (TPSA) is 84.3 Å². The molecule has 1 aromatic carbocycles. The number of fused-ring (bicyclic) bond motifs is 1. The second-order valence-corrected chi connectivity index (χ2v) is 6.46. The Kier molecular flexibility index (Phi) is 3.49. The number of thiol groups is 1. The van der Waals surface area contributed by atoms with Gasteiger partial charge in [0.25, 0.3) is 0 Å². The lowest BCUT2D eigenvalue weighted by atomic mass is 10.3. The molecule has 0 spiro atoms. The molecular formula is C7H10N2O2S3. The molecule has 2 unspecified atom stereocenters. The third kappa shape index (κ3) is 1.91. The Balaban J connectivity index is 0.000000980. The molecule has 0 amide bonds. The van der Waals surface area contributed by atoms with Crippen LogP contribution < -0.4 is 11.5 Å². The summed E-state index contributed by atoms with van der Waals surface area (Å²) in [6.45, 7) is 0. The summed E-state index contributed by atoms with van der Waals surface area (Å²) in [5, 5.41) is 2.89. The van der Waals surface area contributed by atoms with Gasteiger partial charge in [-0.3, -0.25) is 0 Å². The molecule has 0 aliphatic carbocycles. The van der Waals surface area contributed by atoms with E-state index in [1.54, 1.807) is 0 Å². The van der Waals surface area contributed by atoms with Crippen molar-refractivity contribution in [3.05, 3.63) is 24.3 Å². The molecule has 2 rings (SSSR count). The number of anilines is 1. The van der Waals surface area contributed by atoms with Gasteiger partial charge in [-0.1, -0.05) is 23.9 Å². The van der Waals surface area contributed by atoms with Crippen molar-refractivity contribution in [3.63, 3.8) is 0 Å². The summed E-state index contributed by atoms with van der Waals surface area (Å²) < 4.78 is 18.8. The first-order valence-electron chi connectivity index (χ1n) is 3.51. The molecule has 7 heteroatoms. The van der Waals surface area contributed by atoms with Crippen LogP contribution in [0.5, 0.6) is 0 Å². The Hall–Kier alpha value is -0.210. The summed E-state index contributed by atoms with van der Waals surface area (Å²) in [6.07, 6.45) is 0. The molecule has 0 fully saturated rings. The van der Waals surface area contributed by atoms with E-state index >= 15 is 0 Å². The van der Waals surface area contributed by atoms with Crippen molar-refractivity contribution in [2.24, 2.45) is 0 Å². The van der Waals surface area contributed by atoms with Crippen LogP contribution in [0.1, 0.15) is 0 Å². The highest BCUT2D eigenvalue weighted by Crippen LogP contribution is 2.48. The molecule has 1 aromatic rings. The van der Waals surface area contributed by atoms with Crippen LogP contribution in [0.25, 0.3) is 0 Å². The molecule has 0 saturated heterocycles. The Morgan fingerprint density at radius 1 is 1.50 bits per heavy atom. The van der Waals surface area contributed by atoms with Crippen LogP contribution in [-0.2, 0) is 11.1 Å². The average molecular weight is 250 g/mol. The molecule has 0 aromatic heterocycles. The average Bonchev–Trinajstić information content (AvgIpc) is 2.42. The third-order valence-corrected chi connectivity index (χ3v) is 4.73. The van der Waals surface area contributed by atoms with Crippen molar-refractivity contribution >= 4 is 41.2 Å². The monoisotopic (exact) mass is 250 g/mol. The fraction of sp³-hybridized carbons (Fsp3) is 0.143. The summed E-state index contributed by atoms with van der Waals surface area (Å²) in [6, 6.07) is 7.49. The molecule has 14 heavy (non-hydrogen) atoms. The van der Waals surface area contributed by atoms with Gasteiger partial charge in [0, 0.05) is 4.90 Å². The Morgan fingerprint density at radius 3 is 2.71 bits per heavy atom. The molecule has 2 atom stereocenters. The van der Waals surface area contributed by atoms with Gasteiger partial charge in [-0.15, -0.1) is 12.6 Å². The second-order valence-electron chi connectivity index (χ2n) is 2.55. The van der Waals surface area contributed by atoms with E-state index in [2.05, 4.69) is 17.9 Å². The number of para-hydroxylation sites is 1. The molecule has 4 nitrogen and oxygen atoms in total. The van der Waals surface area contributed by atoms with Crippen molar-refractivity contribution < 1.29 is 8.76 Å². The number of nitrogens with one attached hydrogen (secondary N) is 1. The van der Waals surface area contributed by atoms with E-state index in [-0.39, 0.29) is 6.15 Å². The summed E-state index contributed by atoms with van der Waals surface area (Å²) in [5.41, 5.74) is 0.852. The fourth-order valence-electron chi connectivity index (χ4n) is 1.08. The minimum absolute atomic E-state index is 0. The normalized spacial score (nSPS) is 25.9. The fourth-order valence-corrected chi connectivity index (χ4v) is 3.08. The maximum Gasteiger partial charge on any atom is 0.235 e. The number of hydrogen-bond donors (Lipinski definition) is 4. The number of thioether (sulfide) groups is 1. The first-order valence-corrected chi connectivity index (χ1v) is 5.88. The summed E-state index contributed by atoms with van der Waals surface area (Å²) in [4.78, 5) is 0.944. The van der Waals surface area contributed by atoms with Crippen LogP contribution in [0.4, 0.5) is 5.69 Å². The van der Waals surface area contributed by atoms with Gasteiger partial charge in [0.1, 0.15) is 0 Å². The number of hydrogen-bond acceptors (Lipinski definition) is 5. The van der Waals surface area contributed by atoms with Crippen LogP contribution in [0.2, 0.25) is 0 Å². The van der Waals surface area contributed by atoms with E-state index in [1.165, 1.54) is 11.8 Å². The first kappa shape index (κ1) is 11.9. The predicted molar refractivity (Wildman–Crippen MR) is 63.4 cm³/mol. The van der Waals surface area contributed by atoms with Crippen LogP contribution in [0, 0.1) is 0 Å². The zero-order valence-electron chi connectivity index (χ0n) is 7.14. The van der Waals surface area contributed by atoms with Gasteiger partial charge in [-0.2, -0.15) is 0 Å². The molecule has 1 heterocycles. The van der Waals surface area contributed by atoms with Crippen molar-refractivity contribution in [1.82, 2.24) is 6.15 Å². The van der Waals surface area contributed by atoms with E-state index in [9.17, 15) is 4.21 Å². The highest BCUT2D eigenvalue weighted by Gasteiger charge is 2.39. The van der Waals surface area contributed by atoms with Crippen LogP contribution >= 0.6 is 24.4 Å². The van der Waals surface area contributed by atoms with E-state index in [1.807, 2.05) is 24.3 Å². The minimum atomic E-state index is -2.02. The molecule has 0 saturated carbocycles. The number of rotatable bonds is 1. The molecular weight excluding hydrogens is 240 g/mol. The van der Waals surface area contributed by atoms with Gasteiger partial charge in [0.05, 0.1) is 5.69 Å². The molecule has 1 aliphatic heterocycles. The quantitative estimate of drug-likeness (QED) is 0.453. The van der Waals surface area contributed by atoms with Gasteiger partial charge >= 0.3 is 0 Å². The van der Waals surface area contributed by atoms with E-state index in [4.69, 9.17) is 4.55 Å². The van der Waals surface area contributed by atoms with Gasteiger partial charge in [-0.25, -0.2) is 4.21 Å². The highest BCUT2D eigenvalue weighted by atomic mass is 32.3. The SMILES string of the molecule is N.O=S(O)C1(S)Nc2ccccc2S1. The molecule has 1 aliphatic rings.